The topological polar surface area (TPSA) is 82.0 Å². The van der Waals surface area contributed by atoms with Crippen LogP contribution in [-0.2, 0) is 15.8 Å². The maximum absolute atomic E-state index is 13.4. The van der Waals surface area contributed by atoms with Crippen molar-refractivity contribution in [2.45, 2.75) is 63.9 Å². The largest absolute Gasteiger partial charge is 0.416 e. The number of alkyl halides is 3. The first-order valence-corrected chi connectivity index (χ1v) is 12.7. The maximum Gasteiger partial charge on any atom is 0.416 e. The summed E-state index contributed by atoms with van der Waals surface area (Å²) in [6.07, 6.45) is -1.86. The van der Waals surface area contributed by atoms with E-state index < -0.39 is 41.7 Å². The van der Waals surface area contributed by atoms with Crippen LogP contribution in [0, 0.1) is 11.8 Å². The lowest BCUT2D eigenvalue weighted by Gasteiger charge is -2.25. The summed E-state index contributed by atoms with van der Waals surface area (Å²) in [5.74, 6) is -1.19. The van der Waals surface area contributed by atoms with Crippen molar-refractivity contribution >= 4 is 23.2 Å². The second-order valence-electron chi connectivity index (χ2n) is 9.87. The third-order valence-electron chi connectivity index (χ3n) is 7.05. The number of aliphatic hydroxyl groups excluding tert-OH is 1. The van der Waals surface area contributed by atoms with Crippen molar-refractivity contribution in [2.24, 2.45) is 16.8 Å². The molecule has 3 atom stereocenters. The molecule has 0 spiro atoms. The summed E-state index contributed by atoms with van der Waals surface area (Å²) in [4.78, 5) is 32.7. The van der Waals surface area contributed by atoms with E-state index in [1.165, 1.54) is 17.0 Å². The molecule has 1 aliphatic carbocycles. The summed E-state index contributed by atoms with van der Waals surface area (Å²) in [5, 5.41) is 13.5. The van der Waals surface area contributed by atoms with E-state index in [9.17, 15) is 27.9 Å². The van der Waals surface area contributed by atoms with Gasteiger partial charge < -0.3 is 15.3 Å². The lowest BCUT2D eigenvalue weighted by Crippen LogP contribution is -2.49. The number of nitrogens with zero attached hydrogens (tertiary/aromatic N) is 2. The average Bonchev–Trinajstić information content (AvgIpc) is 3.71. The molecule has 0 unspecified atom stereocenters. The number of benzene rings is 2. The zero-order chi connectivity index (χ0) is 26.7. The van der Waals surface area contributed by atoms with E-state index in [2.05, 4.69) is 10.3 Å². The summed E-state index contributed by atoms with van der Waals surface area (Å²) in [7, 11) is 1.57. The number of hydrogen-bond acceptors (Lipinski definition) is 4. The summed E-state index contributed by atoms with van der Waals surface area (Å²) in [5.41, 5.74) is 0.992. The van der Waals surface area contributed by atoms with Gasteiger partial charge in [-0.3, -0.25) is 9.59 Å². The van der Waals surface area contributed by atoms with E-state index in [0.717, 1.165) is 37.8 Å². The number of anilines is 1. The molecule has 2 amide bonds. The van der Waals surface area contributed by atoms with Crippen molar-refractivity contribution < 1.29 is 27.9 Å². The number of carbonyl (C=O) groups is 2. The van der Waals surface area contributed by atoms with Gasteiger partial charge in [0.15, 0.2) is 0 Å². The highest BCUT2D eigenvalue weighted by Crippen LogP contribution is 2.37. The quantitative estimate of drug-likeness (QED) is 0.497. The van der Waals surface area contributed by atoms with Crippen LogP contribution in [0.4, 0.5) is 18.9 Å². The fourth-order valence-corrected chi connectivity index (χ4v) is 4.67. The Kier molecular flexibility index (Phi) is 8.02. The van der Waals surface area contributed by atoms with E-state index in [0.29, 0.717) is 41.3 Å². The third kappa shape index (κ3) is 6.21. The molecule has 2 aromatic rings. The lowest BCUT2D eigenvalue weighted by molar-refractivity contribution is -0.137. The van der Waals surface area contributed by atoms with Crippen LogP contribution in [-0.4, -0.2) is 41.9 Å². The van der Waals surface area contributed by atoms with Crippen LogP contribution in [0.15, 0.2) is 53.5 Å². The maximum atomic E-state index is 13.4. The van der Waals surface area contributed by atoms with Gasteiger partial charge in [-0.05, 0) is 37.0 Å². The standard InChI is InChI=1S/C28H32F3N3O3/c1-3-4-9-23(35)21(16-17-10-11-17)26(36)33-25-27(37)34(2)22-8-6-5-7-20(22)24(32-25)18-12-14-19(15-13-18)28(29,30)31/h5-8,12-15,17,21,23,25,35H,3-4,9-11,16H2,1-2H3,(H,33,36)/t21-,23+,25-/m1/s1. The normalized spacial score (nSPS) is 19.5. The molecule has 2 N–H and O–H groups in total. The summed E-state index contributed by atoms with van der Waals surface area (Å²) in [6.45, 7) is 2.01. The van der Waals surface area contributed by atoms with E-state index in [-0.39, 0.29) is 0 Å². The monoisotopic (exact) mass is 515 g/mol. The fraction of sp³-hybridized carbons (Fsp3) is 0.464. The van der Waals surface area contributed by atoms with E-state index >= 15 is 0 Å². The van der Waals surface area contributed by atoms with Crippen molar-refractivity contribution in [3.8, 4) is 0 Å². The number of carbonyl (C=O) groups excluding carboxylic acids is 2. The number of rotatable bonds is 9. The number of unbranched alkanes of at least 4 members (excludes halogenated alkanes) is 1. The van der Waals surface area contributed by atoms with Gasteiger partial charge in [0.1, 0.15) is 0 Å². The van der Waals surface area contributed by atoms with Crippen molar-refractivity contribution in [3.05, 3.63) is 65.2 Å². The Labute approximate surface area is 214 Å². The Hall–Kier alpha value is -3.20. The number of fused-ring (bicyclic) bond motifs is 1. The highest BCUT2D eigenvalue weighted by molar-refractivity contribution is 6.20. The van der Waals surface area contributed by atoms with Gasteiger partial charge in [-0.1, -0.05) is 62.9 Å². The second-order valence-corrected chi connectivity index (χ2v) is 9.87. The Balaban J connectivity index is 1.68. The number of nitrogens with one attached hydrogen (secondary N) is 1. The molecule has 6 nitrogen and oxygen atoms in total. The molecule has 198 valence electrons. The highest BCUT2D eigenvalue weighted by Gasteiger charge is 2.37. The minimum absolute atomic E-state index is 0.303. The molecule has 2 aromatic carbocycles. The van der Waals surface area contributed by atoms with Gasteiger partial charge in [-0.2, -0.15) is 13.2 Å². The molecular weight excluding hydrogens is 483 g/mol. The summed E-state index contributed by atoms with van der Waals surface area (Å²) < 4.78 is 39.4. The van der Waals surface area contributed by atoms with E-state index in [4.69, 9.17) is 0 Å². The molecule has 1 aliphatic heterocycles. The third-order valence-corrected chi connectivity index (χ3v) is 7.05. The molecule has 1 heterocycles. The molecule has 0 saturated heterocycles. The zero-order valence-corrected chi connectivity index (χ0v) is 21.0. The predicted octanol–water partition coefficient (Wildman–Crippen LogP) is 4.93. The van der Waals surface area contributed by atoms with Gasteiger partial charge in [0.2, 0.25) is 12.1 Å². The van der Waals surface area contributed by atoms with Crippen LogP contribution in [0.25, 0.3) is 0 Å². The van der Waals surface area contributed by atoms with Crippen molar-refractivity contribution in [3.63, 3.8) is 0 Å². The van der Waals surface area contributed by atoms with Gasteiger partial charge in [0, 0.05) is 18.2 Å². The van der Waals surface area contributed by atoms with E-state index in [1.54, 1.807) is 31.3 Å². The number of aliphatic imine (C=N–C) groups is 1. The number of hydrogen-bond donors (Lipinski definition) is 2. The van der Waals surface area contributed by atoms with E-state index in [1.807, 2.05) is 6.92 Å². The molecule has 2 aliphatic rings. The van der Waals surface area contributed by atoms with Crippen molar-refractivity contribution in [1.29, 1.82) is 0 Å². The van der Waals surface area contributed by atoms with Crippen LogP contribution in [0.1, 0.15) is 62.1 Å². The molecule has 4 rings (SSSR count). The average molecular weight is 516 g/mol. The smallest absolute Gasteiger partial charge is 0.392 e. The molecule has 0 radical (unpaired) electrons. The lowest BCUT2D eigenvalue weighted by atomic mass is 9.91. The summed E-state index contributed by atoms with van der Waals surface area (Å²) in [6, 6.07) is 11.5. The first-order valence-electron chi connectivity index (χ1n) is 12.7. The van der Waals surface area contributed by atoms with Gasteiger partial charge in [-0.25, -0.2) is 4.99 Å². The molecule has 0 bridgehead atoms. The second kappa shape index (κ2) is 11.0. The minimum atomic E-state index is -4.48. The van der Waals surface area contributed by atoms with Crippen LogP contribution < -0.4 is 10.2 Å². The van der Waals surface area contributed by atoms with Crippen LogP contribution in [0.5, 0.6) is 0 Å². The van der Waals surface area contributed by atoms with Crippen LogP contribution in [0.2, 0.25) is 0 Å². The van der Waals surface area contributed by atoms with Crippen LogP contribution in [0.3, 0.4) is 0 Å². The molecule has 1 fully saturated rings. The number of halogens is 3. The van der Waals surface area contributed by atoms with Gasteiger partial charge in [0.25, 0.3) is 5.91 Å². The zero-order valence-electron chi connectivity index (χ0n) is 21.0. The predicted molar refractivity (Wildman–Crippen MR) is 135 cm³/mol. The molecule has 9 heteroatoms. The molecule has 1 saturated carbocycles. The fourth-order valence-electron chi connectivity index (χ4n) is 4.67. The Morgan fingerprint density at radius 1 is 1.16 bits per heavy atom. The number of para-hydroxylation sites is 1. The Morgan fingerprint density at radius 3 is 2.46 bits per heavy atom. The van der Waals surface area contributed by atoms with Crippen molar-refractivity contribution in [2.75, 3.05) is 11.9 Å². The number of benzodiazepines with no additional fused rings is 1. The summed E-state index contributed by atoms with van der Waals surface area (Å²) >= 11 is 0. The van der Waals surface area contributed by atoms with Gasteiger partial charge in [-0.15, -0.1) is 0 Å². The molecule has 0 aromatic heterocycles. The number of amides is 2. The minimum Gasteiger partial charge on any atom is -0.392 e. The number of likely N-dealkylation sites (N-methyl/N-ethyl adjacent to an activating group) is 1. The first kappa shape index (κ1) is 26.9. The number of aliphatic hydroxyl groups is 1. The Bertz CT molecular complexity index is 1160. The van der Waals surface area contributed by atoms with Crippen LogP contribution >= 0.6 is 0 Å². The van der Waals surface area contributed by atoms with Gasteiger partial charge >= 0.3 is 6.18 Å². The highest BCUT2D eigenvalue weighted by atomic mass is 19.4. The SMILES string of the molecule is CCCC[C@H](O)[C@@H](CC1CC1)C(=O)N[C@H]1N=C(c2ccc(C(F)(F)F)cc2)c2ccccc2N(C)C1=O. The molecule has 37 heavy (non-hydrogen) atoms. The Morgan fingerprint density at radius 2 is 1.84 bits per heavy atom. The first-order chi connectivity index (χ1) is 17.6. The van der Waals surface area contributed by atoms with Crippen molar-refractivity contribution in [1.82, 2.24) is 5.32 Å². The van der Waals surface area contributed by atoms with Gasteiger partial charge in [0.05, 0.1) is 29.0 Å². The molecular formula is C28H32F3N3O3.